The van der Waals surface area contributed by atoms with Gasteiger partial charge in [0, 0.05) is 19.2 Å². The molecule has 7 nitrogen and oxygen atoms in total. The van der Waals surface area contributed by atoms with E-state index in [9.17, 15) is 4.79 Å². The maximum Gasteiger partial charge on any atom is 0.270 e. The molecule has 1 saturated heterocycles. The van der Waals surface area contributed by atoms with Gasteiger partial charge in [-0.25, -0.2) is 4.98 Å². The smallest absolute Gasteiger partial charge is 0.270 e. The van der Waals surface area contributed by atoms with E-state index in [0.717, 1.165) is 18.7 Å². The summed E-state index contributed by atoms with van der Waals surface area (Å²) in [5.41, 5.74) is 0.595. The molecule has 0 aliphatic carbocycles. The van der Waals surface area contributed by atoms with Gasteiger partial charge in [0.25, 0.3) is 5.91 Å². The van der Waals surface area contributed by atoms with Gasteiger partial charge >= 0.3 is 0 Å². The van der Waals surface area contributed by atoms with Gasteiger partial charge in [0.15, 0.2) is 5.82 Å². The SMILES string of the molecule is CCCc1nc([C@H]2CN(C(=O)c3ccc[nH]3)CCO2)n[nH]1. The van der Waals surface area contributed by atoms with Crippen LogP contribution < -0.4 is 0 Å². The van der Waals surface area contributed by atoms with Crippen molar-refractivity contribution in [3.05, 3.63) is 35.7 Å². The molecule has 0 unspecified atom stereocenters. The topological polar surface area (TPSA) is 86.9 Å². The summed E-state index contributed by atoms with van der Waals surface area (Å²) in [6.45, 7) is 3.65. The van der Waals surface area contributed by atoms with E-state index in [0.29, 0.717) is 31.2 Å². The first kappa shape index (κ1) is 13.8. The molecule has 1 aliphatic heterocycles. The third-order valence-corrected chi connectivity index (χ3v) is 3.51. The number of aryl methyl sites for hydroxylation is 1. The lowest BCUT2D eigenvalue weighted by Crippen LogP contribution is -2.42. The number of aromatic amines is 2. The van der Waals surface area contributed by atoms with Gasteiger partial charge in [0.05, 0.1) is 13.2 Å². The van der Waals surface area contributed by atoms with Gasteiger partial charge in [0.1, 0.15) is 17.6 Å². The minimum atomic E-state index is -0.264. The Balaban J connectivity index is 1.69. The molecule has 0 saturated carbocycles. The van der Waals surface area contributed by atoms with Gasteiger partial charge < -0.3 is 14.6 Å². The minimum absolute atomic E-state index is 0.0161. The molecule has 1 amide bonds. The highest BCUT2D eigenvalue weighted by atomic mass is 16.5. The van der Waals surface area contributed by atoms with Crippen LogP contribution in [0.25, 0.3) is 0 Å². The third-order valence-electron chi connectivity index (χ3n) is 3.51. The minimum Gasteiger partial charge on any atom is -0.366 e. The number of morpholine rings is 1. The number of ether oxygens (including phenoxy) is 1. The molecule has 0 spiro atoms. The molecule has 1 fully saturated rings. The van der Waals surface area contributed by atoms with E-state index in [1.165, 1.54) is 0 Å². The van der Waals surface area contributed by atoms with Crippen LogP contribution in [0.2, 0.25) is 0 Å². The number of hydrogen-bond donors (Lipinski definition) is 2. The third kappa shape index (κ3) is 2.97. The Morgan fingerprint density at radius 3 is 3.24 bits per heavy atom. The lowest BCUT2D eigenvalue weighted by molar-refractivity contribution is -0.0268. The van der Waals surface area contributed by atoms with Gasteiger partial charge in [-0.15, -0.1) is 0 Å². The molecule has 0 bridgehead atoms. The Morgan fingerprint density at radius 1 is 1.57 bits per heavy atom. The maximum absolute atomic E-state index is 12.3. The first-order chi connectivity index (χ1) is 10.3. The summed E-state index contributed by atoms with van der Waals surface area (Å²) in [5, 5.41) is 7.13. The number of carbonyl (C=O) groups is 1. The summed E-state index contributed by atoms with van der Waals surface area (Å²) >= 11 is 0. The molecule has 21 heavy (non-hydrogen) atoms. The molecular formula is C14H19N5O2. The van der Waals surface area contributed by atoms with Gasteiger partial charge in [-0.3, -0.25) is 9.89 Å². The molecule has 0 aromatic carbocycles. The summed E-state index contributed by atoms with van der Waals surface area (Å²) in [5.74, 6) is 1.48. The van der Waals surface area contributed by atoms with Crippen molar-refractivity contribution >= 4 is 5.91 Å². The average molecular weight is 289 g/mol. The van der Waals surface area contributed by atoms with Crippen molar-refractivity contribution in [1.82, 2.24) is 25.1 Å². The maximum atomic E-state index is 12.3. The molecule has 3 heterocycles. The number of aromatic nitrogens is 4. The summed E-state index contributed by atoms with van der Waals surface area (Å²) in [6.07, 6.45) is 3.36. The number of hydrogen-bond acceptors (Lipinski definition) is 4. The predicted molar refractivity (Wildman–Crippen MR) is 75.8 cm³/mol. The van der Waals surface area contributed by atoms with E-state index < -0.39 is 0 Å². The highest BCUT2D eigenvalue weighted by Crippen LogP contribution is 2.20. The van der Waals surface area contributed by atoms with Crippen molar-refractivity contribution < 1.29 is 9.53 Å². The second kappa shape index (κ2) is 6.09. The number of nitrogens with zero attached hydrogens (tertiary/aromatic N) is 3. The highest BCUT2D eigenvalue weighted by Gasteiger charge is 2.28. The first-order valence-electron chi connectivity index (χ1n) is 7.23. The van der Waals surface area contributed by atoms with Crippen molar-refractivity contribution in [3.8, 4) is 0 Å². The summed E-state index contributed by atoms with van der Waals surface area (Å²) in [4.78, 5) is 21.5. The summed E-state index contributed by atoms with van der Waals surface area (Å²) in [6, 6.07) is 3.59. The average Bonchev–Trinajstić information content (AvgIpc) is 3.18. The fourth-order valence-corrected chi connectivity index (χ4v) is 2.43. The summed E-state index contributed by atoms with van der Waals surface area (Å²) in [7, 11) is 0. The Labute approximate surface area is 122 Å². The van der Waals surface area contributed by atoms with Crippen LogP contribution >= 0.6 is 0 Å². The monoisotopic (exact) mass is 289 g/mol. The summed E-state index contributed by atoms with van der Waals surface area (Å²) < 4.78 is 5.70. The van der Waals surface area contributed by atoms with Gasteiger partial charge in [-0.05, 0) is 18.6 Å². The molecule has 2 aromatic heterocycles. The fourth-order valence-electron chi connectivity index (χ4n) is 2.43. The first-order valence-corrected chi connectivity index (χ1v) is 7.23. The van der Waals surface area contributed by atoms with Gasteiger partial charge in [0.2, 0.25) is 0 Å². The van der Waals surface area contributed by atoms with Crippen molar-refractivity contribution in [1.29, 1.82) is 0 Å². The van der Waals surface area contributed by atoms with Crippen LogP contribution in [0, 0.1) is 0 Å². The van der Waals surface area contributed by atoms with E-state index in [1.807, 2.05) is 6.07 Å². The van der Waals surface area contributed by atoms with Crippen molar-refractivity contribution in [2.45, 2.75) is 25.9 Å². The molecule has 1 aliphatic rings. The van der Waals surface area contributed by atoms with Crippen LogP contribution in [0.15, 0.2) is 18.3 Å². The second-order valence-corrected chi connectivity index (χ2v) is 5.08. The number of carbonyl (C=O) groups excluding carboxylic acids is 1. The number of rotatable bonds is 4. The highest BCUT2D eigenvalue weighted by molar-refractivity contribution is 5.92. The van der Waals surface area contributed by atoms with Crippen LogP contribution in [0.3, 0.4) is 0 Å². The van der Waals surface area contributed by atoms with Crippen molar-refractivity contribution in [3.63, 3.8) is 0 Å². The van der Waals surface area contributed by atoms with E-state index in [2.05, 4.69) is 27.1 Å². The predicted octanol–water partition coefficient (Wildman–Crippen LogP) is 1.30. The molecule has 7 heteroatoms. The van der Waals surface area contributed by atoms with Crippen LogP contribution in [0.4, 0.5) is 0 Å². The largest absolute Gasteiger partial charge is 0.366 e. The van der Waals surface area contributed by atoms with Crippen LogP contribution in [0.1, 0.15) is 41.6 Å². The van der Waals surface area contributed by atoms with Gasteiger partial charge in [-0.1, -0.05) is 6.92 Å². The second-order valence-electron chi connectivity index (χ2n) is 5.08. The van der Waals surface area contributed by atoms with Crippen LogP contribution in [-0.2, 0) is 11.2 Å². The van der Waals surface area contributed by atoms with Crippen molar-refractivity contribution in [2.24, 2.45) is 0 Å². The number of nitrogens with one attached hydrogen (secondary N) is 2. The zero-order valence-corrected chi connectivity index (χ0v) is 12.0. The van der Waals surface area contributed by atoms with E-state index in [-0.39, 0.29) is 12.0 Å². The van der Waals surface area contributed by atoms with Crippen LogP contribution in [-0.4, -0.2) is 50.7 Å². The fraction of sp³-hybridized carbons (Fsp3) is 0.500. The lowest BCUT2D eigenvalue weighted by atomic mass is 10.2. The number of H-pyrrole nitrogens is 2. The molecule has 2 aromatic rings. The number of amides is 1. The quantitative estimate of drug-likeness (QED) is 0.888. The Hall–Kier alpha value is -2.15. The Morgan fingerprint density at radius 2 is 2.48 bits per heavy atom. The zero-order valence-electron chi connectivity index (χ0n) is 12.0. The van der Waals surface area contributed by atoms with E-state index >= 15 is 0 Å². The standard InChI is InChI=1S/C14H19N5O2/c1-2-4-12-16-13(18-17-12)11-9-19(7-8-21-11)14(20)10-5-3-6-15-10/h3,5-6,11,15H,2,4,7-9H2,1H3,(H,16,17,18)/t11-/m1/s1. The molecule has 2 N–H and O–H groups in total. The van der Waals surface area contributed by atoms with Gasteiger partial charge in [-0.2, -0.15) is 5.10 Å². The molecule has 112 valence electrons. The lowest BCUT2D eigenvalue weighted by Gasteiger charge is -2.31. The normalized spacial score (nSPS) is 18.9. The molecular weight excluding hydrogens is 270 g/mol. The zero-order chi connectivity index (χ0) is 14.7. The Kier molecular flexibility index (Phi) is 4.01. The van der Waals surface area contributed by atoms with Crippen molar-refractivity contribution in [2.75, 3.05) is 19.7 Å². The molecule has 3 rings (SSSR count). The van der Waals surface area contributed by atoms with E-state index in [4.69, 9.17) is 4.74 Å². The van der Waals surface area contributed by atoms with E-state index in [1.54, 1.807) is 17.2 Å². The van der Waals surface area contributed by atoms with Crippen LogP contribution in [0.5, 0.6) is 0 Å². The molecule has 0 radical (unpaired) electrons. The Bertz CT molecular complexity index is 592. The molecule has 1 atom stereocenters.